The molecule has 0 unspecified atom stereocenters. The predicted octanol–water partition coefficient (Wildman–Crippen LogP) is 2.25. The van der Waals surface area contributed by atoms with Gasteiger partial charge >= 0.3 is 0 Å². The Morgan fingerprint density at radius 2 is 1.79 bits per heavy atom. The van der Waals surface area contributed by atoms with E-state index in [1.165, 1.54) is 13.4 Å². The van der Waals surface area contributed by atoms with E-state index >= 15 is 0 Å². The van der Waals surface area contributed by atoms with Crippen molar-refractivity contribution < 1.29 is 14.4 Å². The van der Waals surface area contributed by atoms with Crippen molar-refractivity contribution in [3.63, 3.8) is 0 Å². The number of amides is 3. The van der Waals surface area contributed by atoms with Gasteiger partial charge in [0.1, 0.15) is 12.1 Å². The zero-order chi connectivity index (χ0) is 20.5. The molecule has 8 nitrogen and oxygen atoms in total. The van der Waals surface area contributed by atoms with E-state index in [1.807, 2.05) is 13.0 Å². The van der Waals surface area contributed by atoms with E-state index < -0.39 is 0 Å². The molecule has 1 aromatic carbocycles. The molecule has 3 heterocycles. The van der Waals surface area contributed by atoms with Crippen LogP contribution in [0.1, 0.15) is 31.8 Å². The number of hydrogen-bond donors (Lipinski definition) is 1. The topological polar surface area (TPSA) is 105 Å². The Hall–Kier alpha value is -3.94. The Morgan fingerprint density at radius 1 is 1.03 bits per heavy atom. The van der Waals surface area contributed by atoms with Crippen molar-refractivity contribution in [3.05, 3.63) is 71.4 Å². The molecule has 1 aliphatic rings. The summed E-state index contributed by atoms with van der Waals surface area (Å²) in [6, 6.07) is 6.93. The summed E-state index contributed by atoms with van der Waals surface area (Å²) >= 11 is 0. The first-order valence-corrected chi connectivity index (χ1v) is 8.91. The number of rotatable bonds is 4. The number of fused-ring (bicyclic) bond motifs is 1. The number of hydrogen-bond acceptors (Lipinski definition) is 6. The van der Waals surface area contributed by atoms with Crippen molar-refractivity contribution >= 4 is 23.5 Å². The van der Waals surface area contributed by atoms with Crippen LogP contribution in [0.4, 0.5) is 5.82 Å². The number of benzene rings is 1. The van der Waals surface area contributed by atoms with Gasteiger partial charge in [0.05, 0.1) is 17.5 Å². The highest BCUT2D eigenvalue weighted by molar-refractivity contribution is 6.22. The molecule has 0 atom stereocenters. The number of nitrogens with zero attached hydrogens (tertiary/aromatic N) is 4. The zero-order valence-electron chi connectivity index (χ0n) is 15.8. The molecular weight excluding hydrogens is 370 g/mol. The van der Waals surface area contributed by atoms with Crippen molar-refractivity contribution in [2.45, 2.75) is 13.3 Å². The van der Waals surface area contributed by atoms with Crippen LogP contribution in [0.25, 0.3) is 11.1 Å². The van der Waals surface area contributed by atoms with Gasteiger partial charge in [0.2, 0.25) is 5.91 Å². The fourth-order valence-corrected chi connectivity index (χ4v) is 3.31. The number of imide groups is 1. The predicted molar refractivity (Wildman–Crippen MR) is 105 cm³/mol. The number of pyridine rings is 1. The van der Waals surface area contributed by atoms with E-state index in [0.717, 1.165) is 21.6 Å². The van der Waals surface area contributed by atoms with E-state index in [-0.39, 0.29) is 24.1 Å². The molecule has 3 aromatic rings. The number of carbonyl (C=O) groups is 3. The van der Waals surface area contributed by atoms with Crippen LogP contribution in [0.5, 0.6) is 0 Å². The molecule has 0 radical (unpaired) electrons. The molecule has 2 aromatic heterocycles. The normalized spacial score (nSPS) is 12.8. The van der Waals surface area contributed by atoms with E-state index in [1.54, 1.807) is 36.8 Å². The Kier molecular flexibility index (Phi) is 4.59. The highest BCUT2D eigenvalue weighted by atomic mass is 16.2. The van der Waals surface area contributed by atoms with Crippen LogP contribution in [0.15, 0.2) is 49.2 Å². The summed E-state index contributed by atoms with van der Waals surface area (Å²) in [6.07, 6.45) is 6.39. The zero-order valence-corrected chi connectivity index (χ0v) is 15.8. The van der Waals surface area contributed by atoms with E-state index in [0.29, 0.717) is 22.5 Å². The van der Waals surface area contributed by atoms with Gasteiger partial charge in [0.15, 0.2) is 0 Å². The third-order valence-corrected chi connectivity index (χ3v) is 4.69. The van der Waals surface area contributed by atoms with Crippen LogP contribution in [0.2, 0.25) is 0 Å². The van der Waals surface area contributed by atoms with Crippen LogP contribution in [0.3, 0.4) is 0 Å². The minimum Gasteiger partial charge on any atom is -0.310 e. The molecule has 0 bridgehead atoms. The van der Waals surface area contributed by atoms with Crippen LogP contribution in [0, 0.1) is 6.92 Å². The lowest BCUT2D eigenvalue weighted by Crippen LogP contribution is -2.24. The molecule has 1 aliphatic heterocycles. The summed E-state index contributed by atoms with van der Waals surface area (Å²) in [4.78, 5) is 50.4. The molecule has 3 amide bonds. The van der Waals surface area contributed by atoms with Crippen LogP contribution in [-0.2, 0) is 11.2 Å². The van der Waals surface area contributed by atoms with Crippen LogP contribution < -0.4 is 5.32 Å². The summed E-state index contributed by atoms with van der Waals surface area (Å²) in [5.74, 6) is -0.673. The third kappa shape index (κ3) is 3.47. The van der Waals surface area contributed by atoms with Gasteiger partial charge < -0.3 is 5.32 Å². The molecule has 8 heteroatoms. The molecule has 1 N–H and O–H groups in total. The standard InChI is InChI=1S/C21H17N5O3/c1-12-5-14(19-16(6-12)20(28)26(2)21(19)29)7-18(27)25-17-4-3-13(10-24-17)15-8-22-11-23-9-15/h3-6,8-11H,7H2,1-2H3,(H,24,25,27). The maximum atomic E-state index is 12.5. The first kappa shape index (κ1) is 18.4. The Morgan fingerprint density at radius 3 is 2.48 bits per heavy atom. The number of aromatic nitrogens is 3. The van der Waals surface area contributed by atoms with E-state index in [2.05, 4.69) is 20.3 Å². The van der Waals surface area contributed by atoms with Crippen LogP contribution in [-0.4, -0.2) is 44.6 Å². The quantitative estimate of drug-likeness (QED) is 0.689. The molecule has 0 spiro atoms. The molecule has 29 heavy (non-hydrogen) atoms. The van der Waals surface area contributed by atoms with Gasteiger partial charge in [-0.1, -0.05) is 6.07 Å². The fraction of sp³-hybridized carbons (Fsp3) is 0.143. The van der Waals surface area contributed by atoms with Crippen molar-refractivity contribution in [2.24, 2.45) is 0 Å². The number of nitrogens with one attached hydrogen (secondary N) is 1. The molecule has 0 fully saturated rings. The first-order valence-electron chi connectivity index (χ1n) is 8.91. The second-order valence-electron chi connectivity index (χ2n) is 6.80. The lowest BCUT2D eigenvalue weighted by Gasteiger charge is -2.09. The monoisotopic (exact) mass is 387 g/mol. The maximum Gasteiger partial charge on any atom is 0.261 e. The minimum atomic E-state index is -0.389. The lowest BCUT2D eigenvalue weighted by molar-refractivity contribution is -0.115. The summed E-state index contributed by atoms with van der Waals surface area (Å²) in [7, 11) is 1.44. The Labute approximate surface area is 166 Å². The summed E-state index contributed by atoms with van der Waals surface area (Å²) in [6.45, 7) is 1.82. The van der Waals surface area contributed by atoms with Gasteiger partial charge in [-0.2, -0.15) is 0 Å². The minimum absolute atomic E-state index is 0.0349. The van der Waals surface area contributed by atoms with Crippen LogP contribution >= 0.6 is 0 Å². The van der Waals surface area contributed by atoms with Gasteiger partial charge in [-0.25, -0.2) is 15.0 Å². The number of aryl methyl sites for hydroxylation is 1. The van der Waals surface area contributed by atoms with Crippen molar-refractivity contribution in [1.82, 2.24) is 19.9 Å². The SMILES string of the molecule is Cc1cc(CC(=O)Nc2ccc(-c3cncnc3)cn2)c2c(c1)C(=O)N(C)C2=O. The highest BCUT2D eigenvalue weighted by Gasteiger charge is 2.35. The third-order valence-electron chi connectivity index (χ3n) is 4.69. The smallest absolute Gasteiger partial charge is 0.261 e. The van der Waals surface area contributed by atoms with E-state index in [9.17, 15) is 14.4 Å². The summed E-state index contributed by atoms with van der Waals surface area (Å²) in [5, 5.41) is 2.73. The largest absolute Gasteiger partial charge is 0.310 e. The number of carbonyl (C=O) groups excluding carboxylic acids is 3. The summed E-state index contributed by atoms with van der Waals surface area (Å²) < 4.78 is 0. The molecule has 144 valence electrons. The van der Waals surface area contributed by atoms with Crippen molar-refractivity contribution in [3.8, 4) is 11.1 Å². The van der Waals surface area contributed by atoms with Gasteiger partial charge in [0, 0.05) is 36.8 Å². The molecule has 4 rings (SSSR count). The Balaban J connectivity index is 1.52. The fourth-order valence-electron chi connectivity index (χ4n) is 3.31. The van der Waals surface area contributed by atoms with Gasteiger partial charge in [-0.3, -0.25) is 19.3 Å². The van der Waals surface area contributed by atoms with E-state index in [4.69, 9.17) is 0 Å². The molecule has 0 aliphatic carbocycles. The maximum absolute atomic E-state index is 12.5. The van der Waals surface area contributed by atoms with Gasteiger partial charge in [0.25, 0.3) is 11.8 Å². The van der Waals surface area contributed by atoms with Gasteiger partial charge in [-0.05, 0) is 36.2 Å². The molecular formula is C21H17N5O3. The second kappa shape index (κ2) is 7.23. The highest BCUT2D eigenvalue weighted by Crippen LogP contribution is 2.27. The van der Waals surface area contributed by atoms with Crippen molar-refractivity contribution in [1.29, 1.82) is 0 Å². The summed E-state index contributed by atoms with van der Waals surface area (Å²) in [5.41, 5.74) is 3.63. The first-order chi connectivity index (χ1) is 13.9. The average molecular weight is 387 g/mol. The van der Waals surface area contributed by atoms with Crippen molar-refractivity contribution in [2.75, 3.05) is 12.4 Å². The molecule has 0 saturated heterocycles. The Bertz CT molecular complexity index is 1130. The second-order valence-corrected chi connectivity index (χ2v) is 6.80. The number of anilines is 1. The van der Waals surface area contributed by atoms with Gasteiger partial charge in [-0.15, -0.1) is 0 Å². The lowest BCUT2D eigenvalue weighted by atomic mass is 9.97. The molecule has 0 saturated carbocycles. The average Bonchev–Trinajstić information content (AvgIpc) is 2.93.